The Morgan fingerprint density at radius 2 is 1.14 bits per heavy atom. The van der Waals surface area contributed by atoms with Gasteiger partial charge in [-0.25, -0.2) is 9.98 Å². The summed E-state index contributed by atoms with van der Waals surface area (Å²) < 4.78 is 9.39. The fraction of sp³-hybridized carbons (Fsp3) is 0.0189. The Bertz CT molecular complexity index is 3500. The van der Waals surface area contributed by atoms with Crippen LogP contribution in [0, 0.1) is 0 Å². The van der Waals surface area contributed by atoms with Gasteiger partial charge in [-0.05, 0) is 80.7 Å². The quantitative estimate of drug-likeness (QED) is 0.190. The molecule has 1 aliphatic heterocycles. The van der Waals surface area contributed by atoms with Crippen LogP contribution < -0.4 is 5.32 Å². The molecule has 1 atom stereocenters. The van der Waals surface area contributed by atoms with Crippen molar-refractivity contribution in [1.29, 1.82) is 0 Å². The number of benzene rings is 9. The van der Waals surface area contributed by atoms with Crippen LogP contribution in [-0.2, 0) is 0 Å². The van der Waals surface area contributed by atoms with Crippen LogP contribution in [0.2, 0.25) is 0 Å². The Morgan fingerprint density at radius 3 is 2.05 bits per heavy atom. The van der Waals surface area contributed by atoms with Gasteiger partial charge in [-0.15, -0.1) is 11.3 Å². The van der Waals surface area contributed by atoms with Gasteiger partial charge < -0.3 is 9.73 Å². The molecule has 2 aromatic heterocycles. The van der Waals surface area contributed by atoms with E-state index >= 15 is 0 Å². The second-order valence-corrected chi connectivity index (χ2v) is 16.1. The number of hydrogen-bond donors (Lipinski definition) is 1. The number of furan rings is 1. The normalized spacial score (nSPS) is 14.4. The number of nitrogens with one attached hydrogen (secondary N) is 1. The minimum Gasteiger partial charge on any atom is -0.455 e. The molecule has 4 nitrogen and oxygen atoms in total. The number of aliphatic imine (C=N–C) groups is 2. The molecule has 0 radical (unpaired) electrons. The fourth-order valence-electron chi connectivity index (χ4n) is 8.64. The lowest BCUT2D eigenvalue weighted by Gasteiger charge is -2.24. The van der Waals surface area contributed by atoms with Crippen LogP contribution in [0.25, 0.3) is 85.9 Å². The highest BCUT2D eigenvalue weighted by atomic mass is 32.1. The van der Waals surface area contributed by atoms with Crippen molar-refractivity contribution in [2.24, 2.45) is 9.98 Å². The van der Waals surface area contributed by atoms with E-state index in [1.54, 1.807) is 0 Å². The summed E-state index contributed by atoms with van der Waals surface area (Å²) in [6.07, 6.45) is -0.424. The molecule has 11 aromatic rings. The second-order valence-electron chi connectivity index (χ2n) is 15.0. The summed E-state index contributed by atoms with van der Waals surface area (Å²) in [5.41, 5.74) is 9.31. The number of amidine groups is 2. The van der Waals surface area contributed by atoms with Gasteiger partial charge in [0.15, 0.2) is 5.84 Å². The van der Waals surface area contributed by atoms with Crippen molar-refractivity contribution in [3.8, 4) is 22.3 Å². The van der Waals surface area contributed by atoms with Crippen molar-refractivity contribution < 1.29 is 4.42 Å². The number of nitrogens with zero attached hydrogens (tertiary/aromatic N) is 2. The Kier molecular flexibility index (Phi) is 7.43. The van der Waals surface area contributed by atoms with Crippen molar-refractivity contribution in [2.75, 3.05) is 0 Å². The van der Waals surface area contributed by atoms with Gasteiger partial charge >= 0.3 is 0 Å². The average Bonchev–Trinajstić information content (AvgIpc) is 3.87. The van der Waals surface area contributed by atoms with Crippen LogP contribution in [0.15, 0.2) is 202 Å². The third-order valence-electron chi connectivity index (χ3n) is 11.5. The van der Waals surface area contributed by atoms with E-state index in [1.807, 2.05) is 11.3 Å². The molecule has 0 amide bonds. The molecule has 5 heteroatoms. The molecule has 0 saturated carbocycles. The van der Waals surface area contributed by atoms with Gasteiger partial charge in [0.1, 0.15) is 23.2 Å². The Labute approximate surface area is 338 Å². The highest BCUT2D eigenvalue weighted by Crippen LogP contribution is 2.42. The monoisotopic (exact) mass is 759 g/mol. The lowest BCUT2D eigenvalue weighted by molar-refractivity contribution is 0.663. The van der Waals surface area contributed by atoms with Crippen molar-refractivity contribution in [1.82, 2.24) is 5.32 Å². The molecule has 1 N–H and O–H groups in total. The van der Waals surface area contributed by atoms with Crippen molar-refractivity contribution in [3.05, 3.63) is 205 Å². The van der Waals surface area contributed by atoms with Crippen molar-refractivity contribution >= 4 is 86.7 Å². The van der Waals surface area contributed by atoms with Gasteiger partial charge in [0.2, 0.25) is 0 Å². The lowest BCUT2D eigenvalue weighted by Crippen LogP contribution is -2.33. The van der Waals surface area contributed by atoms with Crippen molar-refractivity contribution in [2.45, 2.75) is 6.17 Å². The van der Waals surface area contributed by atoms with E-state index in [0.29, 0.717) is 5.84 Å². The summed E-state index contributed by atoms with van der Waals surface area (Å²) in [5, 5.41) is 13.1. The summed E-state index contributed by atoms with van der Waals surface area (Å²) in [6.45, 7) is 0. The van der Waals surface area contributed by atoms with E-state index < -0.39 is 6.17 Å². The average molecular weight is 760 g/mol. The minimum atomic E-state index is -0.424. The highest BCUT2D eigenvalue weighted by Gasteiger charge is 2.25. The molecule has 0 fully saturated rings. The van der Waals surface area contributed by atoms with Crippen molar-refractivity contribution in [3.63, 3.8) is 0 Å². The molecular formula is C53H33N3OS. The minimum absolute atomic E-state index is 0.424. The SMILES string of the molecule is c1ccc(-c2ccc3cc(C4=NC(c5cccc6oc7c(-c8ccc9sc%10ccccc%10c9c8)cccc7c56)NC(c5ccc6ccccc6c5)=N4)ccc3c2)cc1. The van der Waals surface area contributed by atoms with Crippen LogP contribution >= 0.6 is 11.3 Å². The van der Waals surface area contributed by atoms with E-state index in [4.69, 9.17) is 14.4 Å². The first-order chi connectivity index (χ1) is 28.7. The van der Waals surface area contributed by atoms with Gasteiger partial charge in [0.05, 0.1) is 0 Å². The van der Waals surface area contributed by atoms with E-state index in [2.05, 4.69) is 193 Å². The maximum atomic E-state index is 6.81. The molecule has 1 aliphatic rings. The topological polar surface area (TPSA) is 49.9 Å². The number of fused-ring (bicyclic) bond motifs is 8. The van der Waals surface area contributed by atoms with Gasteiger partial charge in [-0.1, -0.05) is 146 Å². The summed E-state index contributed by atoms with van der Waals surface area (Å²) in [7, 11) is 0. The number of thiophene rings is 1. The Morgan fingerprint density at radius 1 is 0.466 bits per heavy atom. The summed E-state index contributed by atoms with van der Waals surface area (Å²) in [6, 6.07) is 66.9. The van der Waals surface area contributed by atoms with Crippen LogP contribution in [0.3, 0.4) is 0 Å². The van der Waals surface area contributed by atoms with E-state index in [0.717, 1.165) is 66.4 Å². The maximum Gasteiger partial charge on any atom is 0.159 e. The van der Waals surface area contributed by atoms with E-state index in [9.17, 15) is 0 Å². The molecule has 0 bridgehead atoms. The zero-order valence-electron chi connectivity index (χ0n) is 31.2. The molecule has 58 heavy (non-hydrogen) atoms. The molecule has 0 aliphatic carbocycles. The predicted octanol–water partition coefficient (Wildman–Crippen LogP) is 14.1. The van der Waals surface area contributed by atoms with E-state index in [-0.39, 0.29) is 0 Å². The van der Waals surface area contributed by atoms with Gasteiger partial charge in [0.25, 0.3) is 0 Å². The van der Waals surface area contributed by atoms with Gasteiger partial charge in [-0.3, -0.25) is 0 Å². The van der Waals surface area contributed by atoms with E-state index in [1.165, 1.54) is 42.1 Å². The van der Waals surface area contributed by atoms with Crippen LogP contribution in [0.1, 0.15) is 22.9 Å². The molecule has 3 heterocycles. The summed E-state index contributed by atoms with van der Waals surface area (Å²) in [5.74, 6) is 1.46. The summed E-state index contributed by atoms with van der Waals surface area (Å²) in [4.78, 5) is 10.6. The smallest absolute Gasteiger partial charge is 0.159 e. The zero-order valence-corrected chi connectivity index (χ0v) is 32.0. The standard InChI is InChI=1S/C53H33N3OS/c1-2-10-32(11-3-1)35-21-22-37-30-40(25-23-36(37)28-35)52-54-51(39-24-20-33-12-4-5-13-34(33)29-39)55-53(56-52)44-17-9-18-46-49(44)43-16-8-15-41(50(43)57-46)38-26-27-48-45(31-38)42-14-6-7-19-47(42)58-48/h1-31,53H,(H,54,55,56). The first-order valence-corrected chi connectivity index (χ1v) is 20.4. The van der Waals surface area contributed by atoms with Gasteiger partial charge in [0, 0.05) is 53.2 Å². The fourth-order valence-corrected chi connectivity index (χ4v) is 9.73. The van der Waals surface area contributed by atoms with Crippen LogP contribution in [0.4, 0.5) is 0 Å². The van der Waals surface area contributed by atoms with Gasteiger partial charge in [-0.2, -0.15) is 0 Å². The third kappa shape index (κ3) is 5.43. The molecule has 1 unspecified atom stereocenters. The molecule has 0 spiro atoms. The number of para-hydroxylation sites is 1. The molecular weight excluding hydrogens is 727 g/mol. The third-order valence-corrected chi connectivity index (χ3v) is 12.7. The summed E-state index contributed by atoms with van der Waals surface area (Å²) >= 11 is 1.84. The largest absolute Gasteiger partial charge is 0.455 e. The van der Waals surface area contributed by atoms with Crippen LogP contribution in [0.5, 0.6) is 0 Å². The molecule has 0 saturated heterocycles. The molecule has 272 valence electrons. The number of rotatable bonds is 5. The highest BCUT2D eigenvalue weighted by molar-refractivity contribution is 7.25. The predicted molar refractivity (Wildman–Crippen MR) is 244 cm³/mol. The molecule has 9 aromatic carbocycles. The number of hydrogen-bond acceptors (Lipinski definition) is 5. The molecule has 12 rings (SSSR count). The second kappa shape index (κ2) is 13.1. The maximum absolute atomic E-state index is 6.81. The first-order valence-electron chi connectivity index (χ1n) is 19.6. The Balaban J connectivity index is 1.00. The zero-order chi connectivity index (χ0) is 38.2. The first kappa shape index (κ1) is 32.9. The Hall–Kier alpha value is -7.34. The van der Waals surface area contributed by atoms with Crippen LogP contribution in [-0.4, -0.2) is 11.7 Å². The lowest BCUT2D eigenvalue weighted by atomic mass is 9.98.